The SMILES string of the molecule is COCCOCCCCNCC1(CC#N)CC1. The molecule has 1 rings (SSSR count). The van der Waals surface area contributed by atoms with Crippen molar-refractivity contribution in [2.75, 3.05) is 40.0 Å². The largest absolute Gasteiger partial charge is 0.382 e. The molecule has 0 aromatic carbocycles. The molecule has 0 bridgehead atoms. The Kier molecular flexibility index (Phi) is 7.18. The minimum Gasteiger partial charge on any atom is -0.382 e. The van der Waals surface area contributed by atoms with Crippen LogP contribution in [0.15, 0.2) is 0 Å². The average molecular weight is 240 g/mol. The summed E-state index contributed by atoms with van der Waals surface area (Å²) in [5, 5.41) is 12.1. The number of ether oxygens (including phenoxy) is 2. The third-order valence-corrected chi connectivity index (χ3v) is 3.24. The Labute approximate surface area is 104 Å². The van der Waals surface area contributed by atoms with Gasteiger partial charge in [-0.3, -0.25) is 0 Å². The monoisotopic (exact) mass is 240 g/mol. The normalized spacial score (nSPS) is 16.7. The lowest BCUT2D eigenvalue weighted by Crippen LogP contribution is -2.25. The van der Waals surface area contributed by atoms with Gasteiger partial charge in [-0.2, -0.15) is 5.26 Å². The number of methoxy groups -OCH3 is 1. The van der Waals surface area contributed by atoms with E-state index in [1.54, 1.807) is 7.11 Å². The van der Waals surface area contributed by atoms with Gasteiger partial charge in [0, 0.05) is 26.7 Å². The Morgan fingerprint density at radius 3 is 2.71 bits per heavy atom. The molecule has 98 valence electrons. The zero-order valence-corrected chi connectivity index (χ0v) is 10.8. The minimum atomic E-state index is 0.323. The molecule has 0 saturated heterocycles. The summed E-state index contributed by atoms with van der Waals surface area (Å²) < 4.78 is 10.3. The Morgan fingerprint density at radius 2 is 2.06 bits per heavy atom. The van der Waals surface area contributed by atoms with Crippen LogP contribution in [0.5, 0.6) is 0 Å². The summed E-state index contributed by atoms with van der Waals surface area (Å²) in [6, 6.07) is 2.28. The van der Waals surface area contributed by atoms with Crippen molar-refractivity contribution in [3.63, 3.8) is 0 Å². The van der Waals surface area contributed by atoms with Gasteiger partial charge in [0.1, 0.15) is 0 Å². The van der Waals surface area contributed by atoms with Gasteiger partial charge in [0.2, 0.25) is 0 Å². The van der Waals surface area contributed by atoms with E-state index in [2.05, 4.69) is 11.4 Å². The summed E-state index contributed by atoms with van der Waals surface area (Å²) in [4.78, 5) is 0. The average Bonchev–Trinajstić information content (AvgIpc) is 3.08. The molecular formula is C13H24N2O2. The van der Waals surface area contributed by atoms with Crippen LogP contribution in [0.3, 0.4) is 0 Å². The molecule has 0 aromatic rings. The first-order valence-electron chi connectivity index (χ1n) is 6.47. The fraction of sp³-hybridized carbons (Fsp3) is 0.923. The predicted octanol–water partition coefficient (Wildman–Crippen LogP) is 1.71. The molecule has 0 spiro atoms. The standard InChI is InChI=1S/C13H24N2O2/c1-16-10-11-17-9-3-2-8-15-12-13(4-5-13)6-7-14/h15H,2-6,8-12H2,1H3. The summed E-state index contributed by atoms with van der Waals surface area (Å²) in [5.41, 5.74) is 0.323. The van der Waals surface area contributed by atoms with E-state index in [0.29, 0.717) is 25.0 Å². The van der Waals surface area contributed by atoms with E-state index in [-0.39, 0.29) is 0 Å². The fourth-order valence-electron chi connectivity index (χ4n) is 1.81. The number of rotatable bonds is 11. The summed E-state index contributed by atoms with van der Waals surface area (Å²) in [6.07, 6.45) is 5.36. The van der Waals surface area contributed by atoms with Crippen molar-refractivity contribution in [3.8, 4) is 6.07 Å². The van der Waals surface area contributed by atoms with Crippen LogP contribution in [0, 0.1) is 16.7 Å². The van der Waals surface area contributed by atoms with Crippen LogP contribution in [0.4, 0.5) is 0 Å². The van der Waals surface area contributed by atoms with Gasteiger partial charge in [-0.05, 0) is 37.6 Å². The number of unbranched alkanes of at least 4 members (excludes halogenated alkanes) is 1. The first kappa shape index (κ1) is 14.4. The molecule has 4 heteroatoms. The molecule has 4 nitrogen and oxygen atoms in total. The lowest BCUT2D eigenvalue weighted by atomic mass is 10.0. The molecule has 0 atom stereocenters. The van der Waals surface area contributed by atoms with Crippen LogP contribution in [0.2, 0.25) is 0 Å². The smallest absolute Gasteiger partial charge is 0.0700 e. The van der Waals surface area contributed by atoms with E-state index < -0.39 is 0 Å². The molecule has 0 aromatic heterocycles. The summed E-state index contributed by atoms with van der Waals surface area (Å²) in [6.45, 7) is 4.21. The van der Waals surface area contributed by atoms with Gasteiger partial charge in [-0.25, -0.2) is 0 Å². The number of nitriles is 1. The Morgan fingerprint density at radius 1 is 1.24 bits per heavy atom. The summed E-state index contributed by atoms with van der Waals surface area (Å²) >= 11 is 0. The molecule has 1 aliphatic rings. The second-order valence-electron chi connectivity index (χ2n) is 4.82. The maximum atomic E-state index is 8.68. The first-order valence-corrected chi connectivity index (χ1v) is 6.47. The van der Waals surface area contributed by atoms with Crippen LogP contribution in [0.25, 0.3) is 0 Å². The quantitative estimate of drug-likeness (QED) is 0.559. The van der Waals surface area contributed by atoms with Crippen molar-refractivity contribution in [3.05, 3.63) is 0 Å². The van der Waals surface area contributed by atoms with E-state index in [4.69, 9.17) is 14.7 Å². The van der Waals surface area contributed by atoms with E-state index in [0.717, 1.165) is 32.5 Å². The van der Waals surface area contributed by atoms with Gasteiger partial charge >= 0.3 is 0 Å². The molecule has 0 radical (unpaired) electrons. The van der Waals surface area contributed by atoms with Gasteiger partial charge in [-0.15, -0.1) is 0 Å². The first-order chi connectivity index (χ1) is 8.33. The molecule has 1 N–H and O–H groups in total. The predicted molar refractivity (Wildman–Crippen MR) is 66.7 cm³/mol. The highest BCUT2D eigenvalue weighted by Crippen LogP contribution is 2.47. The van der Waals surface area contributed by atoms with Crippen LogP contribution in [0.1, 0.15) is 32.1 Å². The Hall–Kier alpha value is -0.630. The zero-order valence-electron chi connectivity index (χ0n) is 10.8. The van der Waals surface area contributed by atoms with Crippen LogP contribution in [-0.2, 0) is 9.47 Å². The second-order valence-corrected chi connectivity index (χ2v) is 4.82. The van der Waals surface area contributed by atoms with Crippen molar-refractivity contribution >= 4 is 0 Å². The molecule has 0 heterocycles. The highest BCUT2D eigenvalue weighted by Gasteiger charge is 2.41. The lowest BCUT2D eigenvalue weighted by molar-refractivity contribution is 0.0688. The number of nitrogens with one attached hydrogen (secondary N) is 1. The Balaban J connectivity index is 1.80. The lowest BCUT2D eigenvalue weighted by Gasteiger charge is -2.11. The maximum Gasteiger partial charge on any atom is 0.0700 e. The summed E-state index contributed by atoms with van der Waals surface area (Å²) in [5.74, 6) is 0. The molecule has 0 unspecified atom stereocenters. The molecular weight excluding hydrogens is 216 g/mol. The van der Waals surface area contributed by atoms with Crippen molar-refractivity contribution < 1.29 is 9.47 Å². The highest BCUT2D eigenvalue weighted by molar-refractivity contribution is 5.00. The van der Waals surface area contributed by atoms with Crippen LogP contribution >= 0.6 is 0 Å². The van der Waals surface area contributed by atoms with E-state index in [9.17, 15) is 0 Å². The van der Waals surface area contributed by atoms with Crippen molar-refractivity contribution in [2.24, 2.45) is 5.41 Å². The number of nitrogens with zero attached hydrogens (tertiary/aromatic N) is 1. The van der Waals surface area contributed by atoms with Gasteiger partial charge in [0.15, 0.2) is 0 Å². The Bertz CT molecular complexity index is 234. The zero-order chi connectivity index (χ0) is 12.4. The van der Waals surface area contributed by atoms with Crippen molar-refractivity contribution in [1.29, 1.82) is 5.26 Å². The third-order valence-electron chi connectivity index (χ3n) is 3.24. The topological polar surface area (TPSA) is 54.3 Å². The molecule has 17 heavy (non-hydrogen) atoms. The molecule has 0 aliphatic heterocycles. The minimum absolute atomic E-state index is 0.323. The number of hydrogen-bond donors (Lipinski definition) is 1. The molecule has 1 saturated carbocycles. The molecule has 0 amide bonds. The van der Waals surface area contributed by atoms with E-state index in [1.807, 2.05) is 0 Å². The van der Waals surface area contributed by atoms with Gasteiger partial charge in [-0.1, -0.05) is 0 Å². The van der Waals surface area contributed by atoms with Gasteiger partial charge in [0.05, 0.1) is 19.3 Å². The van der Waals surface area contributed by atoms with E-state index in [1.165, 1.54) is 12.8 Å². The highest BCUT2D eigenvalue weighted by atomic mass is 16.5. The van der Waals surface area contributed by atoms with Crippen molar-refractivity contribution in [1.82, 2.24) is 5.32 Å². The van der Waals surface area contributed by atoms with Crippen molar-refractivity contribution in [2.45, 2.75) is 32.1 Å². The van der Waals surface area contributed by atoms with E-state index >= 15 is 0 Å². The third kappa shape index (κ3) is 6.62. The van der Waals surface area contributed by atoms with Gasteiger partial charge < -0.3 is 14.8 Å². The maximum absolute atomic E-state index is 8.68. The second kappa shape index (κ2) is 8.46. The van der Waals surface area contributed by atoms with Gasteiger partial charge in [0.25, 0.3) is 0 Å². The van der Waals surface area contributed by atoms with Crippen LogP contribution in [-0.4, -0.2) is 40.0 Å². The fourth-order valence-corrected chi connectivity index (χ4v) is 1.81. The summed E-state index contributed by atoms with van der Waals surface area (Å²) in [7, 11) is 1.68. The molecule has 1 fully saturated rings. The molecule has 1 aliphatic carbocycles. The van der Waals surface area contributed by atoms with Crippen LogP contribution < -0.4 is 5.32 Å². The number of hydrogen-bond acceptors (Lipinski definition) is 4.